The topological polar surface area (TPSA) is 13.1 Å². The van der Waals surface area contributed by atoms with E-state index in [1.807, 2.05) is 0 Å². The molecule has 0 saturated heterocycles. The van der Waals surface area contributed by atoms with Crippen molar-refractivity contribution in [3.8, 4) is 11.1 Å². The standard InChI is InChI=1S/C16H18O/c1-2-14-16(12-8-4-3-5-9-12)13-10-6-7-11-15(13)17-14/h3-5,8-9H,2,6-7,10-11H2,1H3. The van der Waals surface area contributed by atoms with E-state index in [2.05, 4.69) is 37.3 Å². The molecule has 1 aliphatic carbocycles. The van der Waals surface area contributed by atoms with E-state index in [1.54, 1.807) is 0 Å². The molecule has 1 nitrogen and oxygen atoms in total. The number of furan rings is 1. The van der Waals surface area contributed by atoms with Gasteiger partial charge < -0.3 is 4.42 Å². The van der Waals surface area contributed by atoms with Gasteiger partial charge in [-0.3, -0.25) is 0 Å². The third-order valence-electron chi connectivity index (χ3n) is 3.63. The van der Waals surface area contributed by atoms with Gasteiger partial charge >= 0.3 is 0 Å². The minimum atomic E-state index is 0.983. The van der Waals surface area contributed by atoms with E-state index in [-0.39, 0.29) is 0 Å². The fraction of sp³-hybridized carbons (Fsp3) is 0.375. The Kier molecular flexibility index (Phi) is 2.76. The van der Waals surface area contributed by atoms with E-state index >= 15 is 0 Å². The molecular weight excluding hydrogens is 208 g/mol. The fourth-order valence-corrected chi connectivity index (χ4v) is 2.81. The van der Waals surface area contributed by atoms with Gasteiger partial charge in [0.1, 0.15) is 11.5 Å². The second-order valence-corrected chi connectivity index (χ2v) is 4.73. The number of aryl methyl sites for hydroxylation is 2. The highest BCUT2D eigenvalue weighted by Crippen LogP contribution is 2.37. The van der Waals surface area contributed by atoms with Crippen molar-refractivity contribution in [1.82, 2.24) is 0 Å². The highest BCUT2D eigenvalue weighted by atomic mass is 16.3. The van der Waals surface area contributed by atoms with Gasteiger partial charge in [0.15, 0.2) is 0 Å². The van der Waals surface area contributed by atoms with Crippen LogP contribution in [0, 0.1) is 0 Å². The number of hydrogen-bond acceptors (Lipinski definition) is 1. The summed E-state index contributed by atoms with van der Waals surface area (Å²) in [7, 11) is 0. The molecule has 0 spiro atoms. The summed E-state index contributed by atoms with van der Waals surface area (Å²) < 4.78 is 6.04. The van der Waals surface area contributed by atoms with E-state index in [0.29, 0.717) is 0 Å². The largest absolute Gasteiger partial charge is 0.465 e. The Morgan fingerprint density at radius 1 is 1.06 bits per heavy atom. The zero-order valence-electron chi connectivity index (χ0n) is 10.3. The summed E-state index contributed by atoms with van der Waals surface area (Å²) >= 11 is 0. The molecule has 0 aliphatic heterocycles. The molecule has 17 heavy (non-hydrogen) atoms. The quantitative estimate of drug-likeness (QED) is 0.740. The van der Waals surface area contributed by atoms with Gasteiger partial charge in [-0.05, 0) is 24.8 Å². The van der Waals surface area contributed by atoms with Gasteiger partial charge in [-0.25, -0.2) is 0 Å². The maximum atomic E-state index is 6.04. The van der Waals surface area contributed by atoms with Crippen molar-refractivity contribution in [2.24, 2.45) is 0 Å². The molecule has 0 bridgehead atoms. The van der Waals surface area contributed by atoms with Crippen molar-refractivity contribution < 1.29 is 4.42 Å². The Hall–Kier alpha value is -1.50. The van der Waals surface area contributed by atoms with Gasteiger partial charge in [0, 0.05) is 24.0 Å². The van der Waals surface area contributed by atoms with Crippen LogP contribution in [0.3, 0.4) is 0 Å². The Morgan fingerprint density at radius 2 is 1.82 bits per heavy atom. The summed E-state index contributed by atoms with van der Waals surface area (Å²) in [5, 5.41) is 0. The normalized spacial score (nSPS) is 14.6. The van der Waals surface area contributed by atoms with Crippen LogP contribution >= 0.6 is 0 Å². The SMILES string of the molecule is CCc1oc2c(c1-c1ccccc1)CCCC2. The molecule has 0 amide bonds. The number of hydrogen-bond donors (Lipinski definition) is 0. The van der Waals surface area contributed by atoms with Crippen LogP contribution in [-0.4, -0.2) is 0 Å². The highest BCUT2D eigenvalue weighted by Gasteiger charge is 2.22. The maximum Gasteiger partial charge on any atom is 0.112 e. The predicted octanol–water partition coefficient (Wildman–Crippen LogP) is 4.39. The van der Waals surface area contributed by atoms with Crippen LogP contribution in [0.5, 0.6) is 0 Å². The summed E-state index contributed by atoms with van der Waals surface area (Å²) in [6, 6.07) is 10.7. The molecule has 1 aliphatic rings. The van der Waals surface area contributed by atoms with Crippen LogP contribution in [-0.2, 0) is 19.3 Å². The third kappa shape index (κ3) is 1.80. The van der Waals surface area contributed by atoms with E-state index in [9.17, 15) is 0 Å². The van der Waals surface area contributed by atoms with E-state index < -0.39 is 0 Å². The van der Waals surface area contributed by atoms with Gasteiger partial charge in [-0.15, -0.1) is 0 Å². The molecule has 1 aromatic carbocycles. The molecular formula is C16H18O. The minimum absolute atomic E-state index is 0.983. The Bertz CT molecular complexity index is 508. The summed E-state index contributed by atoms with van der Waals surface area (Å²) in [5.41, 5.74) is 4.17. The van der Waals surface area contributed by atoms with Crippen molar-refractivity contribution in [2.45, 2.75) is 39.0 Å². The van der Waals surface area contributed by atoms with Crippen LogP contribution in [0.1, 0.15) is 36.8 Å². The summed E-state index contributed by atoms with van der Waals surface area (Å²) in [6.07, 6.45) is 5.86. The monoisotopic (exact) mass is 226 g/mol. The molecule has 88 valence electrons. The fourth-order valence-electron chi connectivity index (χ4n) is 2.81. The van der Waals surface area contributed by atoms with Crippen molar-refractivity contribution >= 4 is 0 Å². The molecule has 0 radical (unpaired) electrons. The second-order valence-electron chi connectivity index (χ2n) is 4.73. The first-order valence-electron chi connectivity index (χ1n) is 6.59. The lowest BCUT2D eigenvalue weighted by Crippen LogP contribution is -1.99. The molecule has 3 rings (SSSR count). The van der Waals surface area contributed by atoms with Gasteiger partial charge in [0.05, 0.1) is 0 Å². The molecule has 0 atom stereocenters. The molecule has 0 unspecified atom stereocenters. The first-order valence-corrected chi connectivity index (χ1v) is 6.59. The van der Waals surface area contributed by atoms with E-state index in [0.717, 1.165) is 12.8 Å². The lowest BCUT2D eigenvalue weighted by Gasteiger charge is -2.11. The summed E-state index contributed by atoms with van der Waals surface area (Å²) in [4.78, 5) is 0. The molecule has 1 heterocycles. The average Bonchev–Trinajstić information content (AvgIpc) is 2.78. The van der Waals surface area contributed by atoms with Crippen LogP contribution in [0.15, 0.2) is 34.7 Å². The Labute approximate surface area is 102 Å². The summed E-state index contributed by atoms with van der Waals surface area (Å²) in [6.45, 7) is 2.18. The van der Waals surface area contributed by atoms with E-state index in [1.165, 1.54) is 47.5 Å². The van der Waals surface area contributed by atoms with Crippen molar-refractivity contribution in [2.75, 3.05) is 0 Å². The zero-order valence-corrected chi connectivity index (χ0v) is 10.3. The smallest absolute Gasteiger partial charge is 0.112 e. The van der Waals surface area contributed by atoms with Crippen LogP contribution in [0.4, 0.5) is 0 Å². The first kappa shape index (κ1) is 10.6. The predicted molar refractivity (Wildman–Crippen MR) is 70.2 cm³/mol. The van der Waals surface area contributed by atoms with Crippen molar-refractivity contribution in [3.63, 3.8) is 0 Å². The molecule has 0 fully saturated rings. The first-order chi connectivity index (χ1) is 8.40. The number of rotatable bonds is 2. The van der Waals surface area contributed by atoms with Crippen LogP contribution < -0.4 is 0 Å². The maximum absolute atomic E-state index is 6.04. The van der Waals surface area contributed by atoms with Gasteiger partial charge in [0.2, 0.25) is 0 Å². The molecule has 0 saturated carbocycles. The lowest BCUT2D eigenvalue weighted by molar-refractivity contribution is 0.448. The minimum Gasteiger partial charge on any atom is -0.465 e. The zero-order chi connectivity index (χ0) is 11.7. The Balaban J connectivity index is 2.17. The van der Waals surface area contributed by atoms with Gasteiger partial charge in [-0.2, -0.15) is 0 Å². The van der Waals surface area contributed by atoms with Crippen LogP contribution in [0.2, 0.25) is 0 Å². The van der Waals surface area contributed by atoms with E-state index in [4.69, 9.17) is 4.42 Å². The van der Waals surface area contributed by atoms with Gasteiger partial charge in [-0.1, -0.05) is 37.3 Å². The Morgan fingerprint density at radius 3 is 2.59 bits per heavy atom. The average molecular weight is 226 g/mol. The molecule has 1 aromatic heterocycles. The van der Waals surface area contributed by atoms with Crippen LogP contribution in [0.25, 0.3) is 11.1 Å². The third-order valence-corrected chi connectivity index (χ3v) is 3.63. The molecule has 0 N–H and O–H groups in total. The molecule has 2 aromatic rings. The number of fused-ring (bicyclic) bond motifs is 1. The molecule has 1 heteroatoms. The van der Waals surface area contributed by atoms with Gasteiger partial charge in [0.25, 0.3) is 0 Å². The summed E-state index contributed by atoms with van der Waals surface area (Å²) in [5.74, 6) is 2.41. The van der Waals surface area contributed by atoms with Crippen molar-refractivity contribution in [1.29, 1.82) is 0 Å². The highest BCUT2D eigenvalue weighted by molar-refractivity contribution is 5.70. The number of benzene rings is 1. The van der Waals surface area contributed by atoms with Crippen molar-refractivity contribution in [3.05, 3.63) is 47.4 Å². The second kappa shape index (κ2) is 4.40. The lowest BCUT2D eigenvalue weighted by atomic mass is 9.91.